The summed E-state index contributed by atoms with van der Waals surface area (Å²) in [5, 5.41) is 6.42. The summed E-state index contributed by atoms with van der Waals surface area (Å²) < 4.78 is 0. The van der Waals surface area contributed by atoms with Crippen molar-refractivity contribution in [3.05, 3.63) is 60.2 Å². The highest BCUT2D eigenvalue weighted by Gasteiger charge is 2.10. The normalized spacial score (nSPS) is 10.3. The van der Waals surface area contributed by atoms with Gasteiger partial charge in [-0.05, 0) is 43.2 Å². The van der Waals surface area contributed by atoms with Crippen molar-refractivity contribution in [2.24, 2.45) is 0 Å². The van der Waals surface area contributed by atoms with E-state index in [9.17, 15) is 0 Å². The number of benzene rings is 1. The summed E-state index contributed by atoms with van der Waals surface area (Å²) in [6.07, 6.45) is 4.89. The SMILES string of the molecule is Cc1ccc(C)c(Nc2ncnc(Nc3cccnc3)c2N)c1. The molecule has 116 valence electrons. The highest BCUT2D eigenvalue weighted by molar-refractivity contribution is 5.80. The third-order valence-electron chi connectivity index (χ3n) is 3.45. The summed E-state index contributed by atoms with van der Waals surface area (Å²) in [4.78, 5) is 12.5. The molecule has 0 aliphatic heterocycles. The van der Waals surface area contributed by atoms with Crippen molar-refractivity contribution in [3.63, 3.8) is 0 Å². The molecule has 3 aromatic rings. The van der Waals surface area contributed by atoms with E-state index in [2.05, 4.69) is 43.8 Å². The van der Waals surface area contributed by atoms with Gasteiger partial charge in [0.2, 0.25) is 0 Å². The van der Waals surface area contributed by atoms with Crippen LogP contribution in [0.15, 0.2) is 49.1 Å². The van der Waals surface area contributed by atoms with E-state index in [-0.39, 0.29) is 0 Å². The van der Waals surface area contributed by atoms with Gasteiger partial charge in [0.25, 0.3) is 0 Å². The molecule has 0 saturated carbocycles. The number of aryl methyl sites for hydroxylation is 2. The summed E-state index contributed by atoms with van der Waals surface area (Å²) in [5.74, 6) is 1.11. The maximum absolute atomic E-state index is 6.20. The summed E-state index contributed by atoms with van der Waals surface area (Å²) in [5.41, 5.74) is 10.7. The molecule has 23 heavy (non-hydrogen) atoms. The molecule has 0 unspecified atom stereocenters. The van der Waals surface area contributed by atoms with Crippen molar-refractivity contribution in [1.82, 2.24) is 15.0 Å². The van der Waals surface area contributed by atoms with E-state index in [1.165, 1.54) is 11.9 Å². The molecule has 3 rings (SSSR count). The van der Waals surface area contributed by atoms with Crippen LogP contribution in [-0.2, 0) is 0 Å². The summed E-state index contributed by atoms with van der Waals surface area (Å²) >= 11 is 0. The second kappa shape index (κ2) is 6.31. The molecular weight excluding hydrogens is 288 g/mol. The minimum atomic E-state index is 0.456. The maximum Gasteiger partial charge on any atom is 0.159 e. The second-order valence-electron chi connectivity index (χ2n) is 5.29. The average molecular weight is 306 g/mol. The molecule has 2 heterocycles. The smallest absolute Gasteiger partial charge is 0.159 e. The first-order valence-corrected chi connectivity index (χ1v) is 7.25. The lowest BCUT2D eigenvalue weighted by Crippen LogP contribution is -2.06. The molecule has 2 aromatic heterocycles. The molecule has 0 amide bonds. The fourth-order valence-corrected chi connectivity index (χ4v) is 2.17. The third-order valence-corrected chi connectivity index (χ3v) is 3.45. The Kier molecular flexibility index (Phi) is 4.05. The minimum Gasteiger partial charge on any atom is -0.393 e. The van der Waals surface area contributed by atoms with Crippen molar-refractivity contribution in [1.29, 1.82) is 0 Å². The molecule has 0 aliphatic rings. The topological polar surface area (TPSA) is 88.8 Å². The molecule has 0 fully saturated rings. The number of hydrogen-bond donors (Lipinski definition) is 3. The lowest BCUT2D eigenvalue weighted by atomic mass is 10.1. The van der Waals surface area contributed by atoms with Gasteiger partial charge in [0.1, 0.15) is 12.0 Å². The number of nitrogens with zero attached hydrogens (tertiary/aromatic N) is 3. The zero-order valence-electron chi connectivity index (χ0n) is 13.0. The quantitative estimate of drug-likeness (QED) is 0.683. The van der Waals surface area contributed by atoms with Crippen LogP contribution < -0.4 is 16.4 Å². The van der Waals surface area contributed by atoms with E-state index in [4.69, 9.17) is 5.73 Å². The van der Waals surface area contributed by atoms with Crippen molar-refractivity contribution < 1.29 is 0 Å². The molecule has 0 atom stereocenters. The molecule has 1 aromatic carbocycles. The summed E-state index contributed by atoms with van der Waals surface area (Å²) in [6.45, 7) is 4.08. The van der Waals surface area contributed by atoms with Crippen molar-refractivity contribution in [3.8, 4) is 0 Å². The van der Waals surface area contributed by atoms with Crippen LogP contribution in [0.4, 0.5) is 28.7 Å². The molecule has 0 aliphatic carbocycles. The van der Waals surface area contributed by atoms with Gasteiger partial charge >= 0.3 is 0 Å². The number of anilines is 5. The van der Waals surface area contributed by atoms with Crippen LogP contribution in [0, 0.1) is 13.8 Å². The van der Waals surface area contributed by atoms with Crippen molar-refractivity contribution in [2.75, 3.05) is 16.4 Å². The van der Waals surface area contributed by atoms with Crippen LogP contribution in [0.3, 0.4) is 0 Å². The monoisotopic (exact) mass is 306 g/mol. The Labute approximate surface area is 134 Å². The predicted octanol–water partition coefficient (Wildman–Crippen LogP) is 3.56. The van der Waals surface area contributed by atoms with E-state index in [1.807, 2.05) is 26.0 Å². The van der Waals surface area contributed by atoms with Gasteiger partial charge in [-0.2, -0.15) is 0 Å². The van der Waals surface area contributed by atoms with Gasteiger partial charge in [0.05, 0.1) is 11.9 Å². The minimum absolute atomic E-state index is 0.456. The maximum atomic E-state index is 6.20. The summed E-state index contributed by atoms with van der Waals surface area (Å²) in [7, 11) is 0. The van der Waals surface area contributed by atoms with Crippen LogP contribution in [-0.4, -0.2) is 15.0 Å². The second-order valence-corrected chi connectivity index (χ2v) is 5.29. The fraction of sp³-hybridized carbons (Fsp3) is 0.118. The molecule has 6 nitrogen and oxygen atoms in total. The van der Waals surface area contributed by atoms with Crippen molar-refractivity contribution in [2.45, 2.75) is 13.8 Å². The number of nitrogens with one attached hydrogen (secondary N) is 2. The molecule has 0 spiro atoms. The number of aromatic nitrogens is 3. The van der Waals surface area contributed by atoms with Crippen LogP contribution in [0.25, 0.3) is 0 Å². The predicted molar refractivity (Wildman–Crippen MR) is 93.2 cm³/mol. The first-order valence-electron chi connectivity index (χ1n) is 7.25. The van der Waals surface area contributed by atoms with Gasteiger partial charge in [-0.25, -0.2) is 9.97 Å². The number of nitrogens with two attached hydrogens (primary N) is 1. The van der Waals surface area contributed by atoms with E-state index in [1.54, 1.807) is 12.4 Å². The number of pyridine rings is 1. The zero-order valence-corrected chi connectivity index (χ0v) is 13.0. The fourth-order valence-electron chi connectivity index (χ4n) is 2.17. The van der Waals surface area contributed by atoms with E-state index < -0.39 is 0 Å². The van der Waals surface area contributed by atoms with Gasteiger partial charge in [0.15, 0.2) is 11.6 Å². The van der Waals surface area contributed by atoms with E-state index >= 15 is 0 Å². The Hall–Kier alpha value is -3.15. The van der Waals surface area contributed by atoms with Gasteiger partial charge in [-0.15, -0.1) is 0 Å². The number of rotatable bonds is 4. The lowest BCUT2D eigenvalue weighted by Gasteiger charge is -2.14. The standard InChI is InChI=1S/C17H18N6/c1-11-5-6-12(2)14(8-11)23-17-15(18)16(20-10-21-17)22-13-4-3-7-19-9-13/h3-10H,18H2,1-2H3,(H2,20,21,22,23). The van der Waals surface area contributed by atoms with Gasteiger partial charge in [0, 0.05) is 11.9 Å². The third kappa shape index (κ3) is 3.37. The van der Waals surface area contributed by atoms with Gasteiger partial charge < -0.3 is 16.4 Å². The Balaban J connectivity index is 1.89. The van der Waals surface area contributed by atoms with Gasteiger partial charge in [-0.3, -0.25) is 4.98 Å². The van der Waals surface area contributed by atoms with Crippen LogP contribution in [0.1, 0.15) is 11.1 Å². The highest BCUT2D eigenvalue weighted by atomic mass is 15.1. The van der Waals surface area contributed by atoms with E-state index in [0.29, 0.717) is 17.3 Å². The Morgan fingerprint density at radius 3 is 2.52 bits per heavy atom. The Bertz CT molecular complexity index is 817. The molecule has 6 heteroatoms. The Morgan fingerprint density at radius 1 is 1.00 bits per heavy atom. The largest absolute Gasteiger partial charge is 0.393 e. The van der Waals surface area contributed by atoms with Gasteiger partial charge in [-0.1, -0.05) is 12.1 Å². The van der Waals surface area contributed by atoms with E-state index in [0.717, 1.165) is 16.9 Å². The first-order chi connectivity index (χ1) is 11.1. The molecule has 0 radical (unpaired) electrons. The van der Waals surface area contributed by atoms with Crippen LogP contribution in [0.5, 0.6) is 0 Å². The number of hydrogen-bond acceptors (Lipinski definition) is 6. The average Bonchev–Trinajstić information content (AvgIpc) is 2.55. The first kappa shape index (κ1) is 14.8. The van der Waals surface area contributed by atoms with Crippen LogP contribution >= 0.6 is 0 Å². The number of nitrogen functional groups attached to an aromatic ring is 1. The highest BCUT2D eigenvalue weighted by Crippen LogP contribution is 2.29. The molecule has 0 bridgehead atoms. The molecule has 4 N–H and O–H groups in total. The Morgan fingerprint density at radius 2 is 1.78 bits per heavy atom. The summed E-state index contributed by atoms with van der Waals surface area (Å²) in [6, 6.07) is 9.93. The molecular formula is C17H18N6. The van der Waals surface area contributed by atoms with Crippen LogP contribution in [0.2, 0.25) is 0 Å². The lowest BCUT2D eigenvalue weighted by molar-refractivity contribution is 1.17. The molecule has 0 saturated heterocycles. The zero-order chi connectivity index (χ0) is 16.2. The van der Waals surface area contributed by atoms with Crippen molar-refractivity contribution >= 4 is 28.7 Å².